The number of carbonyl (C=O) groups is 2. The molecular weight excluding hydrogens is 380 g/mol. The number of amides is 2. The highest BCUT2D eigenvalue weighted by Crippen LogP contribution is 2.16. The van der Waals surface area contributed by atoms with Crippen molar-refractivity contribution in [3.05, 3.63) is 65.6 Å². The lowest BCUT2D eigenvalue weighted by Crippen LogP contribution is -2.41. The molecule has 2 aromatic heterocycles. The van der Waals surface area contributed by atoms with Gasteiger partial charge in [0.25, 0.3) is 5.91 Å². The first kappa shape index (κ1) is 21.4. The molecule has 0 saturated carbocycles. The van der Waals surface area contributed by atoms with Crippen molar-refractivity contribution >= 4 is 17.5 Å². The summed E-state index contributed by atoms with van der Waals surface area (Å²) >= 11 is 0. The number of hydrogen-bond donors (Lipinski definition) is 0. The number of fused-ring (bicyclic) bond motifs is 1. The zero-order valence-corrected chi connectivity index (χ0v) is 18.0. The van der Waals surface area contributed by atoms with Gasteiger partial charge < -0.3 is 18.9 Å². The first-order chi connectivity index (χ1) is 14.4. The molecule has 0 unspecified atom stereocenters. The summed E-state index contributed by atoms with van der Waals surface area (Å²) in [5.41, 5.74) is 3.37. The number of likely N-dealkylation sites (N-methyl/N-ethyl adjacent to an activating group) is 2. The summed E-state index contributed by atoms with van der Waals surface area (Å²) in [4.78, 5) is 32.6. The van der Waals surface area contributed by atoms with E-state index < -0.39 is 0 Å². The fourth-order valence-corrected chi connectivity index (χ4v) is 3.30. The summed E-state index contributed by atoms with van der Waals surface area (Å²) in [6.07, 6.45) is 3.91. The second kappa shape index (κ2) is 9.43. The number of nitrogens with zero attached hydrogens (tertiary/aromatic N) is 4. The molecule has 0 spiro atoms. The van der Waals surface area contributed by atoms with Gasteiger partial charge in [-0.15, -0.1) is 0 Å². The molecule has 0 atom stereocenters. The number of aromatic nitrogens is 2. The van der Waals surface area contributed by atoms with Crippen LogP contribution in [-0.2, 0) is 11.4 Å². The second-order valence-electron chi connectivity index (χ2n) is 7.19. The molecule has 2 heterocycles. The van der Waals surface area contributed by atoms with E-state index >= 15 is 0 Å². The third kappa shape index (κ3) is 4.79. The molecule has 0 aliphatic heterocycles. The maximum atomic E-state index is 12.6. The van der Waals surface area contributed by atoms with Gasteiger partial charge in [-0.1, -0.05) is 6.07 Å². The largest absolute Gasteiger partial charge is 0.487 e. The molecule has 30 heavy (non-hydrogen) atoms. The van der Waals surface area contributed by atoms with Crippen LogP contribution in [0.3, 0.4) is 0 Å². The van der Waals surface area contributed by atoms with Gasteiger partial charge in [0.1, 0.15) is 18.0 Å². The molecule has 158 valence electrons. The van der Waals surface area contributed by atoms with Crippen LogP contribution in [0.1, 0.15) is 35.5 Å². The van der Waals surface area contributed by atoms with E-state index in [0.29, 0.717) is 31.0 Å². The van der Waals surface area contributed by atoms with Crippen LogP contribution in [0.25, 0.3) is 5.65 Å². The molecule has 0 fully saturated rings. The van der Waals surface area contributed by atoms with Gasteiger partial charge in [-0.2, -0.15) is 0 Å². The quantitative estimate of drug-likeness (QED) is 0.574. The third-order valence-electron chi connectivity index (χ3n) is 5.05. The molecule has 3 rings (SSSR count). The van der Waals surface area contributed by atoms with E-state index in [1.54, 1.807) is 36.2 Å². The molecule has 3 aromatic rings. The number of carbonyl (C=O) groups excluding carboxylic acids is 2. The number of hydrogen-bond acceptors (Lipinski definition) is 4. The van der Waals surface area contributed by atoms with Crippen LogP contribution < -0.4 is 4.74 Å². The summed E-state index contributed by atoms with van der Waals surface area (Å²) in [5.74, 6) is 0.401. The number of aryl methyl sites for hydroxylation is 1. The van der Waals surface area contributed by atoms with E-state index in [1.807, 2.05) is 49.7 Å². The Balaban J connectivity index is 1.59. The predicted molar refractivity (Wildman–Crippen MR) is 116 cm³/mol. The topological polar surface area (TPSA) is 67.2 Å². The van der Waals surface area contributed by atoms with Gasteiger partial charge in [-0.25, -0.2) is 4.98 Å². The number of benzene rings is 1. The lowest BCUT2D eigenvalue weighted by atomic mass is 10.2. The number of rotatable bonds is 8. The lowest BCUT2D eigenvalue weighted by Gasteiger charge is -2.23. The molecule has 0 N–H and O–H groups in total. The Morgan fingerprint density at radius 2 is 1.80 bits per heavy atom. The van der Waals surface area contributed by atoms with Crippen molar-refractivity contribution < 1.29 is 14.3 Å². The Bertz CT molecular complexity index is 1020. The predicted octanol–water partition coefficient (Wildman–Crippen LogP) is 3.16. The van der Waals surface area contributed by atoms with E-state index in [1.165, 1.54) is 4.90 Å². The Kier molecular flexibility index (Phi) is 6.72. The summed E-state index contributed by atoms with van der Waals surface area (Å²) < 4.78 is 7.80. The van der Waals surface area contributed by atoms with Crippen LogP contribution in [-0.4, -0.2) is 57.7 Å². The van der Waals surface area contributed by atoms with Gasteiger partial charge in [0.15, 0.2) is 0 Å². The fourth-order valence-electron chi connectivity index (χ4n) is 3.30. The molecule has 7 heteroatoms. The van der Waals surface area contributed by atoms with Gasteiger partial charge in [0, 0.05) is 38.1 Å². The van der Waals surface area contributed by atoms with Crippen LogP contribution in [0.5, 0.6) is 5.75 Å². The van der Waals surface area contributed by atoms with E-state index in [4.69, 9.17) is 4.74 Å². The summed E-state index contributed by atoms with van der Waals surface area (Å²) in [6.45, 7) is 7.55. The molecule has 0 aliphatic rings. The highest BCUT2D eigenvalue weighted by Gasteiger charge is 2.18. The van der Waals surface area contributed by atoms with Crippen molar-refractivity contribution in [3.63, 3.8) is 0 Å². The van der Waals surface area contributed by atoms with Crippen molar-refractivity contribution in [2.75, 3.05) is 26.7 Å². The Hall–Kier alpha value is -3.35. The highest BCUT2D eigenvalue weighted by molar-refractivity contribution is 5.96. The van der Waals surface area contributed by atoms with Crippen LogP contribution in [0.4, 0.5) is 0 Å². The monoisotopic (exact) mass is 408 g/mol. The molecule has 0 bridgehead atoms. The summed E-state index contributed by atoms with van der Waals surface area (Å²) in [6, 6.07) is 10.9. The molecule has 7 nitrogen and oxygen atoms in total. The van der Waals surface area contributed by atoms with Crippen LogP contribution in [0.15, 0.2) is 48.8 Å². The number of ether oxygens (including phenoxy) is 1. The Labute approximate surface area is 176 Å². The van der Waals surface area contributed by atoms with E-state index in [9.17, 15) is 9.59 Å². The lowest BCUT2D eigenvalue weighted by molar-refractivity contribution is -0.131. The summed E-state index contributed by atoms with van der Waals surface area (Å²) in [7, 11) is 1.64. The van der Waals surface area contributed by atoms with Crippen LogP contribution in [0, 0.1) is 6.92 Å². The Morgan fingerprint density at radius 1 is 1.10 bits per heavy atom. The average molecular weight is 409 g/mol. The normalized spacial score (nSPS) is 10.8. The zero-order chi connectivity index (χ0) is 21.7. The standard InChI is InChI=1S/C23H28N4O3/c1-5-26(6-2)21(28)15-25(4)23(29)18-9-11-20(12-10-18)30-16-19-14-27-13-7-8-17(3)22(27)24-19/h7-14H,5-6,15-16H2,1-4H3. The maximum absolute atomic E-state index is 12.6. The van der Waals surface area contributed by atoms with Crippen LogP contribution >= 0.6 is 0 Å². The minimum atomic E-state index is -0.196. The van der Waals surface area contributed by atoms with Gasteiger partial charge in [-0.05, 0) is 56.7 Å². The summed E-state index contributed by atoms with van der Waals surface area (Å²) in [5, 5.41) is 0. The van der Waals surface area contributed by atoms with Crippen molar-refractivity contribution in [1.29, 1.82) is 0 Å². The van der Waals surface area contributed by atoms with Crippen LogP contribution in [0.2, 0.25) is 0 Å². The maximum Gasteiger partial charge on any atom is 0.254 e. The van der Waals surface area contributed by atoms with Crippen molar-refractivity contribution in [2.45, 2.75) is 27.4 Å². The molecule has 0 aliphatic carbocycles. The van der Waals surface area contributed by atoms with Gasteiger partial charge >= 0.3 is 0 Å². The highest BCUT2D eigenvalue weighted by atomic mass is 16.5. The van der Waals surface area contributed by atoms with E-state index in [2.05, 4.69) is 4.98 Å². The molecular formula is C23H28N4O3. The average Bonchev–Trinajstić information content (AvgIpc) is 3.17. The van der Waals surface area contributed by atoms with Gasteiger partial charge in [-0.3, -0.25) is 9.59 Å². The SMILES string of the molecule is CCN(CC)C(=O)CN(C)C(=O)c1ccc(OCc2cn3cccc(C)c3n2)cc1. The molecule has 0 saturated heterocycles. The third-order valence-corrected chi connectivity index (χ3v) is 5.05. The second-order valence-corrected chi connectivity index (χ2v) is 7.19. The van der Waals surface area contributed by atoms with E-state index in [-0.39, 0.29) is 18.4 Å². The smallest absolute Gasteiger partial charge is 0.254 e. The zero-order valence-electron chi connectivity index (χ0n) is 18.0. The van der Waals surface area contributed by atoms with Gasteiger partial charge in [0.2, 0.25) is 5.91 Å². The first-order valence-corrected chi connectivity index (χ1v) is 10.1. The minimum absolute atomic E-state index is 0.0569. The van der Waals surface area contributed by atoms with Crippen molar-refractivity contribution in [3.8, 4) is 5.75 Å². The molecule has 0 radical (unpaired) electrons. The molecule has 2 amide bonds. The Morgan fingerprint density at radius 3 is 2.43 bits per heavy atom. The first-order valence-electron chi connectivity index (χ1n) is 10.1. The molecule has 1 aromatic carbocycles. The number of imidazole rings is 1. The minimum Gasteiger partial charge on any atom is -0.487 e. The van der Waals surface area contributed by atoms with Gasteiger partial charge in [0.05, 0.1) is 12.2 Å². The van der Waals surface area contributed by atoms with E-state index in [0.717, 1.165) is 16.9 Å². The number of pyridine rings is 1. The fraction of sp³-hybridized carbons (Fsp3) is 0.348. The van der Waals surface area contributed by atoms with Crippen molar-refractivity contribution in [1.82, 2.24) is 19.2 Å². The van der Waals surface area contributed by atoms with Crippen molar-refractivity contribution in [2.24, 2.45) is 0 Å².